The van der Waals surface area contributed by atoms with Crippen molar-refractivity contribution >= 4 is 23.4 Å². The van der Waals surface area contributed by atoms with Crippen molar-refractivity contribution in [2.75, 3.05) is 57.3 Å². The van der Waals surface area contributed by atoms with Gasteiger partial charge in [-0.1, -0.05) is 24.3 Å². The van der Waals surface area contributed by atoms with E-state index in [2.05, 4.69) is 4.90 Å². The molecule has 1 saturated heterocycles. The number of piperazine rings is 1. The van der Waals surface area contributed by atoms with Crippen LogP contribution < -0.4 is 10.6 Å². The summed E-state index contributed by atoms with van der Waals surface area (Å²) in [5.74, 6) is -0.200. The van der Waals surface area contributed by atoms with Gasteiger partial charge in [0.05, 0.1) is 17.4 Å². The Balaban J connectivity index is 1.45. The number of β-amino-alcohol motifs (C(OH)–C–C–N with tert-alkyl or cyclic N) is 1. The highest BCUT2D eigenvalue weighted by Crippen LogP contribution is 2.28. The van der Waals surface area contributed by atoms with Gasteiger partial charge in [-0.25, -0.2) is 0 Å². The zero-order chi connectivity index (χ0) is 27.2. The molecule has 0 radical (unpaired) electrons. The van der Waals surface area contributed by atoms with Crippen LogP contribution in [-0.4, -0.2) is 96.0 Å². The normalized spacial score (nSPS) is 16.8. The zero-order valence-corrected chi connectivity index (χ0v) is 22.4. The fourth-order valence-electron chi connectivity index (χ4n) is 5.32. The first-order chi connectivity index (χ1) is 18.3. The molecule has 0 bridgehead atoms. The molecular weight excluding hydrogens is 482 g/mol. The van der Waals surface area contributed by atoms with Gasteiger partial charge in [0, 0.05) is 71.4 Å². The van der Waals surface area contributed by atoms with Gasteiger partial charge in [-0.05, 0) is 49.1 Å². The van der Waals surface area contributed by atoms with E-state index in [1.165, 1.54) is 0 Å². The van der Waals surface area contributed by atoms with Gasteiger partial charge in [-0.3, -0.25) is 14.4 Å². The first-order valence-corrected chi connectivity index (χ1v) is 13.5. The summed E-state index contributed by atoms with van der Waals surface area (Å²) < 4.78 is 0. The molecule has 2 aliphatic heterocycles. The third-order valence-electron chi connectivity index (χ3n) is 7.65. The first-order valence-electron chi connectivity index (χ1n) is 13.5. The van der Waals surface area contributed by atoms with E-state index in [1.54, 1.807) is 33.8 Å². The van der Waals surface area contributed by atoms with Crippen LogP contribution in [0.4, 0.5) is 5.69 Å². The van der Waals surface area contributed by atoms with Gasteiger partial charge in [0.1, 0.15) is 0 Å². The summed E-state index contributed by atoms with van der Waals surface area (Å²) in [6.07, 6.45) is 0.575. The van der Waals surface area contributed by atoms with Crippen molar-refractivity contribution in [1.82, 2.24) is 14.7 Å². The van der Waals surface area contributed by atoms with Crippen LogP contribution >= 0.6 is 0 Å². The molecule has 204 valence electrons. The Morgan fingerprint density at radius 3 is 2.26 bits per heavy atom. The van der Waals surface area contributed by atoms with Gasteiger partial charge in [0.25, 0.3) is 11.8 Å². The number of likely N-dealkylation sites (N-methyl/N-ethyl adjacent to an activating group) is 1. The van der Waals surface area contributed by atoms with Crippen LogP contribution in [0.5, 0.6) is 0 Å². The third kappa shape index (κ3) is 6.16. The van der Waals surface area contributed by atoms with Crippen molar-refractivity contribution in [2.45, 2.75) is 39.3 Å². The van der Waals surface area contributed by atoms with Crippen molar-refractivity contribution in [2.24, 2.45) is 5.73 Å². The van der Waals surface area contributed by atoms with Crippen molar-refractivity contribution in [3.63, 3.8) is 0 Å². The predicted octanol–water partition coefficient (Wildman–Crippen LogP) is 1.73. The molecule has 4 rings (SSSR count). The first kappa shape index (κ1) is 27.6. The number of aliphatic hydroxyl groups is 1. The van der Waals surface area contributed by atoms with Crippen LogP contribution in [0.25, 0.3) is 0 Å². The highest BCUT2D eigenvalue weighted by atomic mass is 16.3. The average molecular weight is 522 g/mol. The van der Waals surface area contributed by atoms with E-state index in [-0.39, 0.29) is 24.3 Å². The Bertz CT molecular complexity index is 1160. The maximum absolute atomic E-state index is 13.5. The van der Waals surface area contributed by atoms with E-state index in [0.717, 1.165) is 16.8 Å². The molecule has 1 unspecified atom stereocenters. The number of fused-ring (bicyclic) bond motifs is 1. The molecule has 0 aliphatic carbocycles. The second-order valence-electron chi connectivity index (χ2n) is 10.0. The number of amides is 3. The van der Waals surface area contributed by atoms with E-state index in [1.807, 2.05) is 37.3 Å². The van der Waals surface area contributed by atoms with Crippen molar-refractivity contribution < 1.29 is 19.5 Å². The van der Waals surface area contributed by atoms with Gasteiger partial charge < -0.3 is 30.4 Å². The minimum absolute atomic E-state index is 0.0225. The molecule has 9 nitrogen and oxygen atoms in total. The van der Waals surface area contributed by atoms with Crippen LogP contribution in [0.2, 0.25) is 0 Å². The number of hydrogen-bond donors (Lipinski definition) is 2. The van der Waals surface area contributed by atoms with E-state index in [4.69, 9.17) is 5.73 Å². The molecule has 0 saturated carbocycles. The summed E-state index contributed by atoms with van der Waals surface area (Å²) >= 11 is 0. The van der Waals surface area contributed by atoms with Gasteiger partial charge in [0.15, 0.2) is 0 Å². The number of anilines is 1. The number of benzene rings is 2. The monoisotopic (exact) mass is 521 g/mol. The van der Waals surface area contributed by atoms with Crippen LogP contribution in [0.3, 0.4) is 0 Å². The quantitative estimate of drug-likeness (QED) is 0.548. The van der Waals surface area contributed by atoms with Gasteiger partial charge in [0.2, 0.25) is 5.91 Å². The number of nitrogens with two attached hydrogens (primary N) is 1. The lowest BCUT2D eigenvalue weighted by molar-refractivity contribution is -0.130. The Hall–Kier alpha value is -3.43. The fourth-order valence-corrected chi connectivity index (χ4v) is 5.32. The molecule has 0 spiro atoms. The maximum Gasteiger partial charge on any atom is 0.256 e. The van der Waals surface area contributed by atoms with E-state index < -0.39 is 6.10 Å². The number of rotatable bonds is 8. The number of hydrogen-bond acceptors (Lipinski definition) is 6. The van der Waals surface area contributed by atoms with E-state index >= 15 is 0 Å². The summed E-state index contributed by atoms with van der Waals surface area (Å²) in [5.41, 5.74) is 9.87. The number of carbonyl (C=O) groups excluding carboxylic acids is 3. The molecule has 2 aliphatic rings. The Kier molecular flexibility index (Phi) is 9.01. The highest BCUT2D eigenvalue weighted by Gasteiger charge is 2.29. The van der Waals surface area contributed by atoms with Gasteiger partial charge in [-0.15, -0.1) is 0 Å². The number of aliphatic hydroxyl groups excluding tert-OH is 1. The number of nitrogens with zero attached hydrogens (tertiary/aromatic N) is 4. The highest BCUT2D eigenvalue weighted by molar-refractivity contribution is 6.03. The second-order valence-corrected chi connectivity index (χ2v) is 10.0. The summed E-state index contributed by atoms with van der Waals surface area (Å²) in [7, 11) is 0. The lowest BCUT2D eigenvalue weighted by Gasteiger charge is -2.34. The van der Waals surface area contributed by atoms with Gasteiger partial charge in [-0.2, -0.15) is 0 Å². The number of carbonyl (C=O) groups is 3. The standard InChI is InChI=1S/C29H39N5O4/c1-3-31-12-17-34(20-25(36)10-8-22-6-4-5-7-24(22)19-30)29(38)26-11-9-23(18-27(26)31)28(37)33-15-13-32(14-16-33)21(2)35/h4-7,9,11,18,25,36H,3,8,10,12-17,19-20,30H2,1-2H3. The molecule has 0 aromatic heterocycles. The van der Waals surface area contributed by atoms with E-state index in [0.29, 0.717) is 76.3 Å². The minimum Gasteiger partial charge on any atom is -0.391 e. The predicted molar refractivity (Wildman–Crippen MR) is 147 cm³/mol. The van der Waals surface area contributed by atoms with Crippen LogP contribution in [0.1, 0.15) is 52.1 Å². The van der Waals surface area contributed by atoms with Crippen LogP contribution in [-0.2, 0) is 17.8 Å². The molecular formula is C29H39N5O4. The lowest BCUT2D eigenvalue weighted by Crippen LogP contribution is -2.50. The smallest absolute Gasteiger partial charge is 0.256 e. The second kappa shape index (κ2) is 12.4. The molecule has 3 N–H and O–H groups in total. The molecule has 1 atom stereocenters. The summed E-state index contributed by atoms with van der Waals surface area (Å²) in [4.78, 5) is 45.7. The summed E-state index contributed by atoms with van der Waals surface area (Å²) in [6, 6.07) is 13.2. The van der Waals surface area contributed by atoms with E-state index in [9.17, 15) is 19.5 Å². The summed E-state index contributed by atoms with van der Waals surface area (Å²) in [5, 5.41) is 10.8. The Morgan fingerprint density at radius 2 is 1.61 bits per heavy atom. The maximum atomic E-state index is 13.5. The van der Waals surface area contributed by atoms with Crippen LogP contribution in [0, 0.1) is 0 Å². The molecule has 3 amide bonds. The Labute approximate surface area is 224 Å². The lowest BCUT2D eigenvalue weighted by atomic mass is 10.0. The van der Waals surface area contributed by atoms with Crippen LogP contribution in [0.15, 0.2) is 42.5 Å². The van der Waals surface area contributed by atoms with Crippen molar-refractivity contribution in [1.29, 1.82) is 0 Å². The largest absolute Gasteiger partial charge is 0.391 e. The zero-order valence-electron chi connectivity index (χ0n) is 22.4. The van der Waals surface area contributed by atoms with Gasteiger partial charge >= 0.3 is 0 Å². The summed E-state index contributed by atoms with van der Waals surface area (Å²) in [6.45, 7) is 8.14. The molecule has 2 aromatic carbocycles. The topological polar surface area (TPSA) is 110 Å². The molecule has 1 fully saturated rings. The molecule has 9 heteroatoms. The molecule has 2 aromatic rings. The third-order valence-corrected chi connectivity index (χ3v) is 7.65. The van der Waals surface area contributed by atoms with Crippen molar-refractivity contribution in [3.8, 4) is 0 Å². The minimum atomic E-state index is -0.657. The Morgan fingerprint density at radius 1 is 0.947 bits per heavy atom. The molecule has 2 heterocycles. The van der Waals surface area contributed by atoms with Crippen molar-refractivity contribution in [3.05, 3.63) is 64.7 Å². The SMILES string of the molecule is CCN1CCN(CC(O)CCc2ccccc2CN)C(=O)c2ccc(C(=O)N3CCN(C(C)=O)CC3)cc21. The molecule has 38 heavy (non-hydrogen) atoms. The average Bonchev–Trinajstić information content (AvgIpc) is 3.07. The fraction of sp³-hybridized carbons (Fsp3) is 0.483. The number of aryl methyl sites for hydroxylation is 1.